The van der Waals surface area contributed by atoms with Crippen LogP contribution in [-0.2, 0) is 16.1 Å². The van der Waals surface area contributed by atoms with Crippen LogP contribution in [-0.4, -0.2) is 28.4 Å². The highest BCUT2D eigenvalue weighted by Crippen LogP contribution is 2.19. The standard InChI is InChI=1S/C13H14FNO3/c1-2-18-12(13(16)17)8-15-7-6-9-10(14)4-3-5-11(9)15/h3-7,12H,2,8H2,1H3,(H,16,17). The van der Waals surface area contributed by atoms with E-state index in [9.17, 15) is 9.18 Å². The van der Waals surface area contributed by atoms with E-state index >= 15 is 0 Å². The summed E-state index contributed by atoms with van der Waals surface area (Å²) in [5.41, 5.74) is 0.668. The normalized spacial score (nSPS) is 12.8. The molecule has 4 nitrogen and oxygen atoms in total. The third kappa shape index (κ3) is 2.36. The van der Waals surface area contributed by atoms with Crippen LogP contribution in [0.2, 0.25) is 0 Å². The van der Waals surface area contributed by atoms with Crippen LogP contribution in [0.25, 0.3) is 10.9 Å². The second-order valence-corrected chi connectivity index (χ2v) is 3.92. The first-order valence-corrected chi connectivity index (χ1v) is 5.71. The molecule has 0 aliphatic heterocycles. The van der Waals surface area contributed by atoms with Crippen molar-refractivity contribution in [1.82, 2.24) is 4.57 Å². The van der Waals surface area contributed by atoms with Gasteiger partial charge < -0.3 is 14.4 Å². The van der Waals surface area contributed by atoms with Crippen LogP contribution in [0.4, 0.5) is 4.39 Å². The van der Waals surface area contributed by atoms with Gasteiger partial charge in [0.1, 0.15) is 5.82 Å². The zero-order valence-electron chi connectivity index (χ0n) is 9.97. The van der Waals surface area contributed by atoms with Gasteiger partial charge in [-0.3, -0.25) is 0 Å². The van der Waals surface area contributed by atoms with Crippen LogP contribution in [0.15, 0.2) is 30.5 Å². The number of aromatic nitrogens is 1. The lowest BCUT2D eigenvalue weighted by molar-refractivity contribution is -0.150. The Morgan fingerprint density at radius 3 is 2.94 bits per heavy atom. The average molecular weight is 251 g/mol. The Labute approximate surface area is 104 Å². The summed E-state index contributed by atoms with van der Waals surface area (Å²) in [6.07, 6.45) is 0.747. The van der Waals surface area contributed by atoms with Crippen molar-refractivity contribution in [2.24, 2.45) is 0 Å². The Bertz CT molecular complexity index is 564. The Balaban J connectivity index is 2.31. The molecule has 0 amide bonds. The molecule has 1 heterocycles. The zero-order valence-corrected chi connectivity index (χ0v) is 9.97. The lowest BCUT2D eigenvalue weighted by Crippen LogP contribution is -2.28. The lowest BCUT2D eigenvalue weighted by Gasteiger charge is -2.14. The van der Waals surface area contributed by atoms with Crippen molar-refractivity contribution < 1.29 is 19.0 Å². The first-order chi connectivity index (χ1) is 8.63. The van der Waals surface area contributed by atoms with Gasteiger partial charge in [-0.2, -0.15) is 0 Å². The van der Waals surface area contributed by atoms with E-state index in [2.05, 4.69) is 0 Å². The first kappa shape index (κ1) is 12.6. The molecule has 1 atom stereocenters. The minimum absolute atomic E-state index is 0.163. The molecule has 0 saturated heterocycles. The van der Waals surface area contributed by atoms with Crippen LogP contribution >= 0.6 is 0 Å². The van der Waals surface area contributed by atoms with E-state index in [0.29, 0.717) is 17.5 Å². The number of nitrogens with zero attached hydrogens (tertiary/aromatic N) is 1. The van der Waals surface area contributed by atoms with Crippen molar-refractivity contribution in [2.75, 3.05) is 6.61 Å². The number of carboxylic acid groups (broad SMARTS) is 1. The maximum atomic E-state index is 13.5. The summed E-state index contributed by atoms with van der Waals surface area (Å²) in [6, 6.07) is 6.37. The SMILES string of the molecule is CCOC(Cn1ccc2c(F)cccc21)C(=O)O. The summed E-state index contributed by atoms with van der Waals surface area (Å²) in [5.74, 6) is -1.33. The largest absolute Gasteiger partial charge is 0.479 e. The van der Waals surface area contributed by atoms with Gasteiger partial charge in [-0.1, -0.05) is 6.07 Å². The number of aliphatic carboxylic acids is 1. The molecule has 0 saturated carbocycles. The second-order valence-electron chi connectivity index (χ2n) is 3.92. The summed E-state index contributed by atoms with van der Waals surface area (Å²) in [4.78, 5) is 11.0. The highest BCUT2D eigenvalue weighted by atomic mass is 19.1. The van der Waals surface area contributed by atoms with Gasteiger partial charge in [0.15, 0.2) is 6.10 Å². The molecule has 0 bridgehead atoms. The predicted octanol–water partition coefficient (Wildman–Crippen LogP) is 2.27. The van der Waals surface area contributed by atoms with E-state index in [1.54, 1.807) is 35.9 Å². The molecule has 1 unspecified atom stereocenters. The van der Waals surface area contributed by atoms with Crippen LogP contribution < -0.4 is 0 Å². The molecule has 0 spiro atoms. The summed E-state index contributed by atoms with van der Waals surface area (Å²) in [6.45, 7) is 2.23. The molecule has 0 fully saturated rings. The summed E-state index contributed by atoms with van der Waals surface area (Å²) < 4.78 is 20.3. The maximum absolute atomic E-state index is 13.5. The van der Waals surface area contributed by atoms with Gasteiger partial charge in [0.05, 0.1) is 12.1 Å². The van der Waals surface area contributed by atoms with E-state index in [4.69, 9.17) is 9.84 Å². The molecule has 0 radical (unpaired) electrons. The van der Waals surface area contributed by atoms with E-state index in [0.717, 1.165) is 0 Å². The van der Waals surface area contributed by atoms with Gasteiger partial charge in [-0.25, -0.2) is 9.18 Å². The van der Waals surface area contributed by atoms with E-state index in [1.165, 1.54) is 6.07 Å². The third-order valence-corrected chi connectivity index (χ3v) is 2.77. The number of rotatable bonds is 5. The van der Waals surface area contributed by atoms with Gasteiger partial charge in [-0.15, -0.1) is 0 Å². The maximum Gasteiger partial charge on any atom is 0.334 e. The number of fused-ring (bicyclic) bond motifs is 1. The topological polar surface area (TPSA) is 51.5 Å². The fraction of sp³-hybridized carbons (Fsp3) is 0.308. The fourth-order valence-electron chi connectivity index (χ4n) is 1.93. The van der Waals surface area contributed by atoms with Crippen molar-refractivity contribution in [3.05, 3.63) is 36.3 Å². The van der Waals surface area contributed by atoms with Crippen LogP contribution in [0.1, 0.15) is 6.92 Å². The molecule has 2 rings (SSSR count). The number of benzene rings is 1. The lowest BCUT2D eigenvalue weighted by atomic mass is 10.2. The van der Waals surface area contributed by atoms with Gasteiger partial charge in [-0.05, 0) is 25.1 Å². The molecule has 5 heteroatoms. The predicted molar refractivity (Wildman–Crippen MR) is 64.9 cm³/mol. The number of carbonyl (C=O) groups is 1. The second kappa shape index (κ2) is 5.18. The van der Waals surface area contributed by atoms with E-state index < -0.39 is 12.1 Å². The highest BCUT2D eigenvalue weighted by molar-refractivity contribution is 5.81. The van der Waals surface area contributed by atoms with Gasteiger partial charge in [0.2, 0.25) is 0 Å². The van der Waals surface area contributed by atoms with Crippen molar-refractivity contribution in [3.8, 4) is 0 Å². The van der Waals surface area contributed by atoms with Crippen molar-refractivity contribution in [1.29, 1.82) is 0 Å². The minimum atomic E-state index is -1.02. The molecule has 96 valence electrons. The molecular formula is C13H14FNO3. The molecule has 2 aromatic rings. The number of ether oxygens (including phenoxy) is 1. The van der Waals surface area contributed by atoms with Crippen LogP contribution in [0.5, 0.6) is 0 Å². The molecule has 0 aliphatic carbocycles. The fourth-order valence-corrected chi connectivity index (χ4v) is 1.93. The summed E-state index contributed by atoms with van der Waals surface area (Å²) in [7, 11) is 0. The molecular weight excluding hydrogens is 237 g/mol. The van der Waals surface area contributed by atoms with Crippen LogP contribution in [0.3, 0.4) is 0 Å². The van der Waals surface area contributed by atoms with Gasteiger partial charge in [0.25, 0.3) is 0 Å². The quantitative estimate of drug-likeness (QED) is 0.886. The Morgan fingerprint density at radius 2 is 2.28 bits per heavy atom. The smallest absolute Gasteiger partial charge is 0.334 e. The number of halogens is 1. The van der Waals surface area contributed by atoms with Crippen molar-refractivity contribution in [2.45, 2.75) is 19.6 Å². The third-order valence-electron chi connectivity index (χ3n) is 2.77. The first-order valence-electron chi connectivity index (χ1n) is 5.71. The van der Waals surface area contributed by atoms with Gasteiger partial charge in [0, 0.05) is 18.2 Å². The zero-order chi connectivity index (χ0) is 13.1. The molecule has 1 aromatic carbocycles. The molecule has 18 heavy (non-hydrogen) atoms. The van der Waals surface area contributed by atoms with E-state index in [1.807, 2.05) is 0 Å². The number of carboxylic acids is 1. The number of hydrogen-bond donors (Lipinski definition) is 1. The summed E-state index contributed by atoms with van der Waals surface area (Å²) in [5, 5.41) is 9.50. The van der Waals surface area contributed by atoms with Crippen LogP contribution in [0, 0.1) is 5.82 Å². The average Bonchev–Trinajstić information content (AvgIpc) is 2.73. The summed E-state index contributed by atoms with van der Waals surface area (Å²) >= 11 is 0. The highest BCUT2D eigenvalue weighted by Gasteiger charge is 2.19. The van der Waals surface area contributed by atoms with Gasteiger partial charge >= 0.3 is 5.97 Å². The monoisotopic (exact) mass is 251 g/mol. The van der Waals surface area contributed by atoms with Crippen molar-refractivity contribution >= 4 is 16.9 Å². The molecule has 1 aromatic heterocycles. The molecule has 1 N–H and O–H groups in total. The molecule has 0 aliphatic rings. The number of hydrogen-bond acceptors (Lipinski definition) is 2. The minimum Gasteiger partial charge on any atom is -0.479 e. The van der Waals surface area contributed by atoms with Crippen molar-refractivity contribution in [3.63, 3.8) is 0 Å². The Kier molecular flexibility index (Phi) is 3.62. The van der Waals surface area contributed by atoms with E-state index in [-0.39, 0.29) is 12.4 Å². The Hall–Kier alpha value is -1.88. The Morgan fingerprint density at radius 1 is 1.50 bits per heavy atom.